The van der Waals surface area contributed by atoms with Gasteiger partial charge >= 0.3 is 0 Å². The summed E-state index contributed by atoms with van der Waals surface area (Å²) >= 11 is 3.32. The molecule has 1 N–H and O–H groups in total. The molecule has 0 aromatic heterocycles. The lowest BCUT2D eigenvalue weighted by atomic mass is 9.65. The Bertz CT molecular complexity index is 458. The van der Waals surface area contributed by atoms with Crippen molar-refractivity contribution in [1.82, 2.24) is 5.32 Å². The monoisotopic (exact) mass is 341 g/mol. The SMILES string of the molecule is CCNCC1CCC(C)(C)CC1c1cccc(Br)c1F. The largest absolute Gasteiger partial charge is 0.317 e. The van der Waals surface area contributed by atoms with Crippen molar-refractivity contribution in [3.05, 3.63) is 34.1 Å². The van der Waals surface area contributed by atoms with E-state index in [2.05, 4.69) is 42.0 Å². The van der Waals surface area contributed by atoms with Crippen LogP contribution in [0.4, 0.5) is 4.39 Å². The molecule has 2 atom stereocenters. The molecule has 0 spiro atoms. The van der Waals surface area contributed by atoms with Crippen molar-refractivity contribution in [2.24, 2.45) is 11.3 Å². The lowest BCUT2D eigenvalue weighted by Crippen LogP contribution is -2.35. The average molecular weight is 342 g/mol. The van der Waals surface area contributed by atoms with E-state index in [9.17, 15) is 4.39 Å². The van der Waals surface area contributed by atoms with Gasteiger partial charge in [-0.2, -0.15) is 0 Å². The van der Waals surface area contributed by atoms with Crippen LogP contribution in [0.2, 0.25) is 0 Å². The first kappa shape index (κ1) is 16.0. The van der Waals surface area contributed by atoms with E-state index in [1.807, 2.05) is 12.1 Å². The quantitative estimate of drug-likeness (QED) is 0.802. The van der Waals surface area contributed by atoms with Crippen molar-refractivity contribution in [2.45, 2.75) is 46.0 Å². The van der Waals surface area contributed by atoms with E-state index >= 15 is 0 Å². The first-order chi connectivity index (χ1) is 9.44. The molecule has 0 radical (unpaired) electrons. The van der Waals surface area contributed by atoms with Gasteiger partial charge in [0.2, 0.25) is 0 Å². The third-order valence-electron chi connectivity index (χ3n) is 4.57. The summed E-state index contributed by atoms with van der Waals surface area (Å²) in [5.74, 6) is 0.777. The molecule has 2 rings (SSSR count). The van der Waals surface area contributed by atoms with Crippen LogP contribution in [0.15, 0.2) is 22.7 Å². The fourth-order valence-electron chi connectivity index (χ4n) is 3.39. The molecular weight excluding hydrogens is 317 g/mol. The molecule has 112 valence electrons. The second-order valence-corrected chi connectivity index (χ2v) is 7.58. The van der Waals surface area contributed by atoms with Gasteiger partial charge < -0.3 is 5.32 Å². The molecule has 1 aliphatic carbocycles. The van der Waals surface area contributed by atoms with Crippen LogP contribution in [-0.2, 0) is 0 Å². The number of rotatable bonds is 4. The van der Waals surface area contributed by atoms with Crippen molar-refractivity contribution >= 4 is 15.9 Å². The number of hydrogen-bond donors (Lipinski definition) is 1. The van der Waals surface area contributed by atoms with Gasteiger partial charge in [0, 0.05) is 0 Å². The summed E-state index contributed by atoms with van der Waals surface area (Å²) in [6, 6.07) is 5.70. The summed E-state index contributed by atoms with van der Waals surface area (Å²) in [7, 11) is 0. The highest BCUT2D eigenvalue weighted by atomic mass is 79.9. The van der Waals surface area contributed by atoms with Crippen LogP contribution in [0.5, 0.6) is 0 Å². The Morgan fingerprint density at radius 3 is 2.85 bits per heavy atom. The topological polar surface area (TPSA) is 12.0 Å². The third kappa shape index (κ3) is 3.62. The molecule has 1 saturated carbocycles. The summed E-state index contributed by atoms with van der Waals surface area (Å²) in [6.07, 6.45) is 3.47. The summed E-state index contributed by atoms with van der Waals surface area (Å²) in [5, 5.41) is 3.44. The van der Waals surface area contributed by atoms with E-state index in [1.54, 1.807) is 6.07 Å². The maximum atomic E-state index is 14.5. The highest BCUT2D eigenvalue weighted by Gasteiger charge is 2.36. The number of halogens is 2. The second kappa shape index (κ2) is 6.57. The van der Waals surface area contributed by atoms with E-state index in [-0.39, 0.29) is 5.82 Å². The van der Waals surface area contributed by atoms with Gasteiger partial charge in [-0.3, -0.25) is 0 Å². The summed E-state index contributed by atoms with van der Waals surface area (Å²) in [6.45, 7) is 8.71. The van der Waals surface area contributed by atoms with Crippen LogP contribution in [-0.4, -0.2) is 13.1 Å². The van der Waals surface area contributed by atoms with Gasteiger partial charge in [-0.1, -0.05) is 32.9 Å². The predicted octanol–water partition coefficient (Wildman–Crippen LogP) is 5.11. The van der Waals surface area contributed by atoms with Crippen molar-refractivity contribution < 1.29 is 4.39 Å². The van der Waals surface area contributed by atoms with Gasteiger partial charge in [0.15, 0.2) is 0 Å². The Balaban J connectivity index is 2.28. The number of hydrogen-bond acceptors (Lipinski definition) is 1. The van der Waals surface area contributed by atoms with E-state index < -0.39 is 0 Å². The molecule has 1 aromatic carbocycles. The molecule has 0 saturated heterocycles. The van der Waals surface area contributed by atoms with Crippen LogP contribution in [0.25, 0.3) is 0 Å². The van der Waals surface area contributed by atoms with Crippen molar-refractivity contribution in [3.63, 3.8) is 0 Å². The summed E-state index contributed by atoms with van der Waals surface area (Å²) in [5.41, 5.74) is 1.19. The molecule has 20 heavy (non-hydrogen) atoms. The van der Waals surface area contributed by atoms with E-state index in [0.29, 0.717) is 21.7 Å². The van der Waals surface area contributed by atoms with Crippen molar-refractivity contribution in [1.29, 1.82) is 0 Å². The molecule has 3 heteroatoms. The molecule has 0 bridgehead atoms. The first-order valence-electron chi connectivity index (χ1n) is 7.59. The number of nitrogens with one attached hydrogen (secondary N) is 1. The second-order valence-electron chi connectivity index (χ2n) is 6.72. The van der Waals surface area contributed by atoms with Crippen molar-refractivity contribution in [2.75, 3.05) is 13.1 Å². The molecule has 1 nitrogen and oxygen atoms in total. The normalized spacial score (nSPS) is 25.6. The summed E-state index contributed by atoms with van der Waals surface area (Å²) in [4.78, 5) is 0. The lowest BCUT2D eigenvalue weighted by Gasteiger charge is -2.41. The molecule has 0 heterocycles. The number of benzene rings is 1. The van der Waals surface area contributed by atoms with Gasteiger partial charge in [-0.15, -0.1) is 0 Å². The molecule has 1 fully saturated rings. The van der Waals surface area contributed by atoms with Gasteiger partial charge in [0.25, 0.3) is 0 Å². The maximum Gasteiger partial charge on any atom is 0.140 e. The van der Waals surface area contributed by atoms with E-state index in [4.69, 9.17) is 0 Å². The minimum atomic E-state index is -0.0725. The zero-order valence-corrected chi connectivity index (χ0v) is 14.3. The Kier molecular flexibility index (Phi) is 5.25. The zero-order valence-electron chi connectivity index (χ0n) is 12.7. The minimum absolute atomic E-state index is 0.0725. The molecule has 2 unspecified atom stereocenters. The average Bonchev–Trinajstić information content (AvgIpc) is 2.40. The van der Waals surface area contributed by atoms with E-state index in [1.165, 1.54) is 12.8 Å². The minimum Gasteiger partial charge on any atom is -0.317 e. The fraction of sp³-hybridized carbons (Fsp3) is 0.647. The molecule has 1 aliphatic rings. The van der Waals surface area contributed by atoms with Gasteiger partial charge in [-0.25, -0.2) is 4.39 Å². The molecule has 0 amide bonds. The third-order valence-corrected chi connectivity index (χ3v) is 5.18. The first-order valence-corrected chi connectivity index (χ1v) is 8.38. The van der Waals surface area contributed by atoms with Gasteiger partial charge in [-0.05, 0) is 77.2 Å². The highest BCUT2D eigenvalue weighted by Crippen LogP contribution is 2.47. The van der Waals surface area contributed by atoms with Gasteiger partial charge in [0.05, 0.1) is 4.47 Å². The fourth-order valence-corrected chi connectivity index (χ4v) is 3.77. The Labute approximate surface area is 130 Å². The molecule has 1 aromatic rings. The Morgan fingerprint density at radius 2 is 2.15 bits per heavy atom. The zero-order chi connectivity index (χ0) is 14.8. The van der Waals surface area contributed by atoms with Crippen LogP contribution in [0.1, 0.15) is 51.5 Å². The lowest BCUT2D eigenvalue weighted by molar-refractivity contribution is 0.158. The molecular formula is C17H25BrFN. The van der Waals surface area contributed by atoms with Crippen molar-refractivity contribution in [3.8, 4) is 0 Å². The van der Waals surface area contributed by atoms with Gasteiger partial charge in [0.1, 0.15) is 5.82 Å². The van der Waals surface area contributed by atoms with Crippen LogP contribution < -0.4 is 5.32 Å². The van der Waals surface area contributed by atoms with E-state index in [0.717, 1.165) is 25.1 Å². The van der Waals surface area contributed by atoms with Crippen LogP contribution in [0, 0.1) is 17.2 Å². The highest BCUT2D eigenvalue weighted by molar-refractivity contribution is 9.10. The summed E-state index contributed by atoms with van der Waals surface area (Å²) < 4.78 is 15.1. The van der Waals surface area contributed by atoms with Crippen LogP contribution in [0.3, 0.4) is 0 Å². The maximum absolute atomic E-state index is 14.5. The standard InChI is InChI=1S/C17H25BrFN/c1-4-20-11-12-8-9-17(2,3)10-14(12)13-6-5-7-15(18)16(13)19/h5-7,12,14,20H,4,8-11H2,1-3H3. The Hall–Kier alpha value is -0.410. The molecule has 0 aliphatic heterocycles. The predicted molar refractivity (Wildman–Crippen MR) is 86.5 cm³/mol. The smallest absolute Gasteiger partial charge is 0.140 e. The van der Waals surface area contributed by atoms with Crippen LogP contribution >= 0.6 is 15.9 Å². The Morgan fingerprint density at radius 1 is 1.40 bits per heavy atom.